The Morgan fingerprint density at radius 1 is 1.43 bits per heavy atom. The van der Waals surface area contributed by atoms with Gasteiger partial charge in [0, 0.05) is 0 Å². The monoisotopic (exact) mass is 333 g/mol. The lowest BCUT2D eigenvalue weighted by molar-refractivity contribution is 0.0493. The number of nitrogens with one attached hydrogen (secondary N) is 1. The smallest absolute Gasteiger partial charge is 0.408 e. The van der Waals surface area contributed by atoms with Gasteiger partial charge < -0.3 is 14.5 Å². The van der Waals surface area contributed by atoms with Crippen molar-refractivity contribution in [1.82, 2.24) is 15.5 Å². The Labute approximate surface area is 134 Å². The molecule has 120 valence electrons. The maximum absolute atomic E-state index is 11.9. The van der Waals surface area contributed by atoms with E-state index in [9.17, 15) is 4.79 Å². The summed E-state index contributed by atoms with van der Waals surface area (Å²) in [5.41, 5.74) is -0.536. The molecule has 0 aliphatic rings. The molecule has 0 radical (unpaired) electrons. The lowest BCUT2D eigenvalue weighted by Crippen LogP contribution is -2.35. The molecule has 0 saturated carbocycles. The number of aromatic nitrogens is 2. The fourth-order valence-corrected chi connectivity index (χ4v) is 2.45. The Balaban J connectivity index is 2.72. The minimum atomic E-state index is -0.536. The number of hydrogen-bond acceptors (Lipinski definition) is 7. The van der Waals surface area contributed by atoms with Gasteiger partial charge in [0.25, 0.3) is 5.22 Å². The van der Waals surface area contributed by atoms with E-state index >= 15 is 0 Å². The number of carbonyl (C=O) groups is 1. The van der Waals surface area contributed by atoms with E-state index in [2.05, 4.69) is 15.5 Å². The number of hydrogen-bond donors (Lipinski definition) is 1. The molecule has 1 rings (SSSR count). The zero-order valence-corrected chi connectivity index (χ0v) is 14.8. The highest BCUT2D eigenvalue weighted by molar-refractivity contribution is 7.99. The molecule has 0 saturated heterocycles. The van der Waals surface area contributed by atoms with Crippen molar-refractivity contribution in [2.75, 3.05) is 17.8 Å². The van der Waals surface area contributed by atoms with E-state index < -0.39 is 11.7 Å². The van der Waals surface area contributed by atoms with Crippen molar-refractivity contribution >= 4 is 29.6 Å². The summed E-state index contributed by atoms with van der Waals surface area (Å²) in [5.74, 6) is 2.15. The van der Waals surface area contributed by atoms with E-state index in [1.165, 1.54) is 11.8 Å². The summed E-state index contributed by atoms with van der Waals surface area (Å²) in [7, 11) is 0. The van der Waals surface area contributed by atoms with Crippen LogP contribution in [0.3, 0.4) is 0 Å². The Morgan fingerprint density at radius 3 is 2.71 bits per heavy atom. The Kier molecular flexibility index (Phi) is 7.37. The second-order valence-corrected chi connectivity index (χ2v) is 7.52. The topological polar surface area (TPSA) is 77.2 Å². The first-order valence-corrected chi connectivity index (χ1v) is 9.18. The molecule has 1 aromatic heterocycles. The van der Waals surface area contributed by atoms with Gasteiger partial charge in [-0.05, 0) is 45.0 Å². The molecule has 0 aliphatic heterocycles. The van der Waals surface area contributed by atoms with Crippen molar-refractivity contribution in [2.24, 2.45) is 0 Å². The van der Waals surface area contributed by atoms with E-state index in [4.69, 9.17) is 9.15 Å². The Hall–Kier alpha value is -0.890. The molecule has 0 bridgehead atoms. The highest BCUT2D eigenvalue weighted by atomic mass is 32.2. The maximum atomic E-state index is 11.9. The first kappa shape index (κ1) is 18.2. The van der Waals surface area contributed by atoms with Crippen molar-refractivity contribution in [1.29, 1.82) is 0 Å². The van der Waals surface area contributed by atoms with Gasteiger partial charge in [-0.2, -0.15) is 11.8 Å². The summed E-state index contributed by atoms with van der Waals surface area (Å²) < 4.78 is 10.8. The van der Waals surface area contributed by atoms with Crippen LogP contribution in [0.5, 0.6) is 0 Å². The van der Waals surface area contributed by atoms with Gasteiger partial charge in [0.05, 0.1) is 0 Å². The number of alkyl carbamates (subject to hydrolysis) is 1. The highest BCUT2D eigenvalue weighted by Crippen LogP contribution is 2.22. The predicted octanol–water partition coefficient (Wildman–Crippen LogP) is 3.50. The standard InChI is InChI=1S/C13H23N3O3S2/c1-6-21-12-16-15-10(18-12)9(7-8-20-5)14-11(17)19-13(2,3)4/h9H,6-8H2,1-5H3,(H,14,17)/t9-/m1/s1. The van der Waals surface area contributed by atoms with Crippen LogP contribution in [0.1, 0.15) is 46.0 Å². The fraction of sp³-hybridized carbons (Fsp3) is 0.769. The third-order valence-corrected chi connectivity index (χ3v) is 3.63. The van der Waals surface area contributed by atoms with Gasteiger partial charge in [-0.1, -0.05) is 18.7 Å². The van der Waals surface area contributed by atoms with Crippen LogP contribution in [0.2, 0.25) is 0 Å². The van der Waals surface area contributed by atoms with Crippen LogP contribution in [-0.2, 0) is 4.74 Å². The summed E-state index contributed by atoms with van der Waals surface area (Å²) in [6, 6.07) is -0.328. The SMILES string of the molecule is CCSc1nnc([C@@H](CCSC)NC(=O)OC(C)(C)C)o1. The van der Waals surface area contributed by atoms with Crippen LogP contribution < -0.4 is 5.32 Å². The summed E-state index contributed by atoms with van der Waals surface area (Å²) in [6.45, 7) is 7.49. The third-order valence-electron chi connectivity index (χ3n) is 2.29. The number of nitrogens with zero attached hydrogens (tertiary/aromatic N) is 2. The third kappa shape index (κ3) is 7.08. The molecular formula is C13H23N3O3S2. The van der Waals surface area contributed by atoms with E-state index in [0.29, 0.717) is 17.5 Å². The van der Waals surface area contributed by atoms with Gasteiger partial charge in [-0.25, -0.2) is 4.79 Å². The average Bonchev–Trinajstić information content (AvgIpc) is 2.81. The molecule has 0 aromatic carbocycles. The Morgan fingerprint density at radius 2 is 2.14 bits per heavy atom. The molecule has 1 aromatic rings. The van der Waals surface area contributed by atoms with Crippen molar-refractivity contribution in [3.05, 3.63) is 5.89 Å². The summed E-state index contributed by atoms with van der Waals surface area (Å²) in [4.78, 5) is 11.9. The lowest BCUT2D eigenvalue weighted by Gasteiger charge is -2.22. The maximum Gasteiger partial charge on any atom is 0.408 e. The minimum absolute atomic E-state index is 0.328. The first-order valence-electron chi connectivity index (χ1n) is 6.80. The zero-order valence-electron chi connectivity index (χ0n) is 13.1. The number of amides is 1. The molecule has 1 N–H and O–H groups in total. The van der Waals surface area contributed by atoms with Crippen molar-refractivity contribution in [3.8, 4) is 0 Å². The van der Waals surface area contributed by atoms with E-state index in [1.807, 2.05) is 34.0 Å². The molecule has 0 aliphatic carbocycles. The largest absolute Gasteiger partial charge is 0.444 e. The van der Waals surface area contributed by atoms with Gasteiger partial charge in [0.1, 0.15) is 11.6 Å². The Bertz CT molecular complexity index is 446. The minimum Gasteiger partial charge on any atom is -0.444 e. The molecule has 1 amide bonds. The molecular weight excluding hydrogens is 310 g/mol. The summed E-state index contributed by atoms with van der Waals surface area (Å²) in [5, 5.41) is 11.3. The van der Waals surface area contributed by atoms with Crippen molar-refractivity contribution < 1.29 is 13.9 Å². The van der Waals surface area contributed by atoms with Crippen LogP contribution in [-0.4, -0.2) is 39.7 Å². The molecule has 21 heavy (non-hydrogen) atoms. The van der Waals surface area contributed by atoms with Gasteiger partial charge in [0.15, 0.2) is 0 Å². The number of carbonyl (C=O) groups excluding carboxylic acids is 1. The molecule has 8 heteroatoms. The van der Waals surface area contributed by atoms with E-state index in [0.717, 1.165) is 11.5 Å². The summed E-state index contributed by atoms with van der Waals surface area (Å²) >= 11 is 3.17. The van der Waals surface area contributed by atoms with Gasteiger partial charge in [-0.3, -0.25) is 0 Å². The van der Waals surface area contributed by atoms with Crippen LogP contribution in [0.15, 0.2) is 9.64 Å². The van der Waals surface area contributed by atoms with Gasteiger partial charge >= 0.3 is 6.09 Å². The van der Waals surface area contributed by atoms with Crippen molar-refractivity contribution in [3.63, 3.8) is 0 Å². The predicted molar refractivity (Wildman–Crippen MR) is 85.8 cm³/mol. The lowest BCUT2D eigenvalue weighted by atomic mass is 10.2. The summed E-state index contributed by atoms with van der Waals surface area (Å²) in [6.07, 6.45) is 2.24. The zero-order chi connectivity index (χ0) is 15.9. The molecule has 0 unspecified atom stereocenters. The van der Waals surface area contributed by atoms with Crippen LogP contribution in [0.25, 0.3) is 0 Å². The second-order valence-electron chi connectivity index (χ2n) is 5.32. The number of rotatable bonds is 7. The van der Waals surface area contributed by atoms with Gasteiger partial charge in [-0.15, -0.1) is 10.2 Å². The van der Waals surface area contributed by atoms with Crippen molar-refractivity contribution in [2.45, 2.75) is 51.0 Å². The van der Waals surface area contributed by atoms with Crippen LogP contribution >= 0.6 is 23.5 Å². The van der Waals surface area contributed by atoms with E-state index in [1.54, 1.807) is 11.8 Å². The quantitative estimate of drug-likeness (QED) is 0.765. The average molecular weight is 333 g/mol. The molecule has 0 fully saturated rings. The van der Waals surface area contributed by atoms with E-state index in [-0.39, 0.29) is 6.04 Å². The molecule has 1 atom stereocenters. The normalized spacial score (nSPS) is 13.0. The number of ether oxygens (including phenoxy) is 1. The molecule has 6 nitrogen and oxygen atoms in total. The van der Waals surface area contributed by atoms with Gasteiger partial charge in [0.2, 0.25) is 5.89 Å². The highest BCUT2D eigenvalue weighted by Gasteiger charge is 2.24. The van der Waals surface area contributed by atoms with Crippen LogP contribution in [0.4, 0.5) is 4.79 Å². The fourth-order valence-electron chi connectivity index (χ4n) is 1.49. The molecule has 0 spiro atoms. The first-order chi connectivity index (χ1) is 9.85. The number of thioether (sulfide) groups is 2. The molecule has 1 heterocycles. The van der Waals surface area contributed by atoms with Crippen LogP contribution in [0, 0.1) is 0 Å². The second kappa shape index (κ2) is 8.53.